The van der Waals surface area contributed by atoms with Crippen molar-refractivity contribution in [2.75, 3.05) is 22.7 Å². The fraction of sp³-hybridized carbons (Fsp3) is 0.120. The molecule has 0 bridgehead atoms. The number of nitrogens with zero attached hydrogens (tertiary/aromatic N) is 1. The van der Waals surface area contributed by atoms with Gasteiger partial charge in [-0.25, -0.2) is 8.42 Å². The zero-order valence-electron chi connectivity index (χ0n) is 19.1. The van der Waals surface area contributed by atoms with Crippen LogP contribution in [0, 0.1) is 0 Å². The molecule has 3 rings (SSSR count). The van der Waals surface area contributed by atoms with E-state index in [4.69, 9.17) is 11.6 Å². The zero-order chi connectivity index (χ0) is 27.2. The molecule has 37 heavy (non-hydrogen) atoms. The predicted octanol–water partition coefficient (Wildman–Crippen LogP) is 5.11. The monoisotopic (exact) mass is 551 g/mol. The molecule has 0 spiro atoms. The Morgan fingerprint density at radius 3 is 2.30 bits per heavy atom. The van der Waals surface area contributed by atoms with Crippen LogP contribution in [0.1, 0.15) is 15.9 Å². The number of carbonyl (C=O) groups excluding carboxylic acids is 2. The van der Waals surface area contributed by atoms with E-state index in [2.05, 4.69) is 17.2 Å². The summed E-state index contributed by atoms with van der Waals surface area (Å²) in [5.74, 6) is -1.44. The molecule has 3 aromatic carbocycles. The molecule has 0 saturated heterocycles. The Hall–Kier alpha value is -3.83. The van der Waals surface area contributed by atoms with Crippen LogP contribution in [0.15, 0.2) is 90.3 Å². The van der Waals surface area contributed by atoms with Crippen molar-refractivity contribution in [3.63, 3.8) is 0 Å². The van der Waals surface area contributed by atoms with Crippen LogP contribution in [-0.2, 0) is 21.0 Å². The summed E-state index contributed by atoms with van der Waals surface area (Å²) in [6.07, 6.45) is -3.33. The summed E-state index contributed by atoms with van der Waals surface area (Å²) >= 11 is 6.13. The molecule has 0 aliphatic carbocycles. The molecule has 2 amide bonds. The van der Waals surface area contributed by atoms with Crippen LogP contribution < -0.4 is 14.9 Å². The number of rotatable bonds is 9. The van der Waals surface area contributed by atoms with E-state index in [-0.39, 0.29) is 27.7 Å². The average molecular weight is 552 g/mol. The number of nitrogens with one attached hydrogen (secondary N) is 2. The second-order valence-corrected chi connectivity index (χ2v) is 9.85. The standard InChI is InChI=1S/C25H21ClF3N3O4S/c1-2-14-30-24(34)19-10-6-7-11-21(19)31-23(33)16-32(37(35,36)18-8-4-3-5-9-18)22-15-17(25(27,28)29)12-13-20(22)26/h2-13,15H,1,14,16H2,(H,30,34)(H,31,33). The molecule has 2 N–H and O–H groups in total. The van der Waals surface area contributed by atoms with Crippen LogP contribution in [0.2, 0.25) is 5.02 Å². The van der Waals surface area contributed by atoms with Gasteiger partial charge in [0.25, 0.3) is 15.9 Å². The van der Waals surface area contributed by atoms with Gasteiger partial charge in [0.1, 0.15) is 6.54 Å². The van der Waals surface area contributed by atoms with Gasteiger partial charge in [0.2, 0.25) is 5.91 Å². The maximum atomic E-state index is 13.5. The van der Waals surface area contributed by atoms with Crippen LogP contribution in [0.4, 0.5) is 24.5 Å². The minimum absolute atomic E-state index is 0.0706. The lowest BCUT2D eigenvalue weighted by molar-refractivity contribution is -0.137. The SMILES string of the molecule is C=CCNC(=O)c1ccccc1NC(=O)CN(c1cc(C(F)(F)F)ccc1Cl)S(=O)(=O)c1ccccc1. The molecule has 0 aromatic heterocycles. The van der Waals surface area contributed by atoms with Gasteiger partial charge >= 0.3 is 6.18 Å². The number of alkyl halides is 3. The number of amides is 2. The van der Waals surface area contributed by atoms with Gasteiger partial charge in [0, 0.05) is 6.54 Å². The minimum atomic E-state index is -4.79. The van der Waals surface area contributed by atoms with Crippen molar-refractivity contribution in [1.29, 1.82) is 0 Å². The van der Waals surface area contributed by atoms with E-state index >= 15 is 0 Å². The molecule has 3 aromatic rings. The van der Waals surface area contributed by atoms with Crippen LogP contribution in [-0.4, -0.2) is 33.3 Å². The van der Waals surface area contributed by atoms with E-state index in [1.54, 1.807) is 18.2 Å². The number of anilines is 2. The topological polar surface area (TPSA) is 95.6 Å². The molecule has 0 atom stereocenters. The smallest absolute Gasteiger partial charge is 0.349 e. The third-order valence-corrected chi connectivity index (χ3v) is 7.11. The highest BCUT2D eigenvalue weighted by atomic mass is 35.5. The minimum Gasteiger partial charge on any atom is -0.349 e. The molecule has 7 nitrogen and oxygen atoms in total. The first-order chi connectivity index (χ1) is 17.4. The van der Waals surface area contributed by atoms with Gasteiger partial charge in [-0.05, 0) is 42.5 Å². The number of benzene rings is 3. The van der Waals surface area contributed by atoms with Gasteiger partial charge in [-0.2, -0.15) is 13.2 Å². The van der Waals surface area contributed by atoms with Gasteiger partial charge in [-0.3, -0.25) is 13.9 Å². The van der Waals surface area contributed by atoms with Crippen molar-refractivity contribution >= 4 is 44.8 Å². The largest absolute Gasteiger partial charge is 0.416 e. The second kappa shape index (κ2) is 11.5. The van der Waals surface area contributed by atoms with Gasteiger partial charge < -0.3 is 10.6 Å². The van der Waals surface area contributed by atoms with Crippen molar-refractivity contribution in [3.8, 4) is 0 Å². The first kappa shape index (κ1) is 27.8. The van der Waals surface area contributed by atoms with Gasteiger partial charge in [0.15, 0.2) is 0 Å². The number of hydrogen-bond donors (Lipinski definition) is 2. The van der Waals surface area contributed by atoms with Gasteiger partial charge in [-0.15, -0.1) is 6.58 Å². The molecule has 0 fully saturated rings. The number of sulfonamides is 1. The highest BCUT2D eigenvalue weighted by molar-refractivity contribution is 7.92. The molecule has 194 valence electrons. The summed E-state index contributed by atoms with van der Waals surface area (Å²) in [5, 5.41) is 4.71. The number of halogens is 4. The predicted molar refractivity (Wildman–Crippen MR) is 135 cm³/mol. The van der Waals surface area contributed by atoms with E-state index < -0.39 is 45.8 Å². The molecule has 0 saturated carbocycles. The maximum absolute atomic E-state index is 13.5. The lowest BCUT2D eigenvalue weighted by Crippen LogP contribution is -2.38. The number of carbonyl (C=O) groups is 2. The van der Waals surface area contributed by atoms with Crippen molar-refractivity contribution < 1.29 is 31.2 Å². The first-order valence-electron chi connectivity index (χ1n) is 10.7. The molecule has 0 aliphatic rings. The highest BCUT2D eigenvalue weighted by Gasteiger charge is 2.34. The summed E-state index contributed by atoms with van der Waals surface area (Å²) < 4.78 is 67.6. The average Bonchev–Trinajstić information content (AvgIpc) is 2.86. The van der Waals surface area contributed by atoms with Crippen LogP contribution in [0.5, 0.6) is 0 Å². The summed E-state index contributed by atoms with van der Waals surface area (Å²) in [6, 6.07) is 15.0. The number of hydrogen-bond acceptors (Lipinski definition) is 4. The number of para-hydroxylation sites is 1. The molecule has 0 radical (unpaired) electrons. The van der Waals surface area contributed by atoms with E-state index in [0.29, 0.717) is 16.4 Å². The maximum Gasteiger partial charge on any atom is 0.416 e. The van der Waals surface area contributed by atoms with E-state index in [1.165, 1.54) is 42.5 Å². The third kappa shape index (κ3) is 6.69. The Balaban J connectivity index is 2.02. The Bertz CT molecular complexity index is 1410. The van der Waals surface area contributed by atoms with Gasteiger partial charge in [-0.1, -0.05) is 48.0 Å². The molecular weight excluding hydrogens is 531 g/mol. The Morgan fingerprint density at radius 2 is 1.65 bits per heavy atom. The molecule has 12 heteroatoms. The third-order valence-electron chi connectivity index (χ3n) is 5.01. The fourth-order valence-corrected chi connectivity index (χ4v) is 4.99. The van der Waals surface area contributed by atoms with E-state index in [1.807, 2.05) is 0 Å². The Labute approximate surface area is 216 Å². The lowest BCUT2D eigenvalue weighted by Gasteiger charge is -2.26. The van der Waals surface area contributed by atoms with Crippen LogP contribution in [0.25, 0.3) is 0 Å². The Kier molecular flexibility index (Phi) is 8.61. The van der Waals surface area contributed by atoms with E-state index in [9.17, 15) is 31.2 Å². The van der Waals surface area contributed by atoms with Crippen LogP contribution in [0.3, 0.4) is 0 Å². The zero-order valence-corrected chi connectivity index (χ0v) is 20.7. The fourth-order valence-electron chi connectivity index (χ4n) is 3.27. The summed E-state index contributed by atoms with van der Waals surface area (Å²) in [5.41, 5.74) is -1.52. The van der Waals surface area contributed by atoms with Crippen molar-refractivity contribution in [2.45, 2.75) is 11.1 Å². The molecule has 0 aliphatic heterocycles. The van der Waals surface area contributed by atoms with E-state index in [0.717, 1.165) is 6.07 Å². The second-order valence-electron chi connectivity index (χ2n) is 7.58. The molecular formula is C25H21ClF3N3O4S. The summed E-state index contributed by atoms with van der Waals surface area (Å²) in [4.78, 5) is 25.2. The van der Waals surface area contributed by atoms with Crippen molar-refractivity contribution in [2.24, 2.45) is 0 Å². The molecule has 0 unspecified atom stereocenters. The first-order valence-corrected chi connectivity index (χ1v) is 12.5. The van der Waals surface area contributed by atoms with Crippen molar-refractivity contribution in [3.05, 3.63) is 102 Å². The quantitative estimate of drug-likeness (QED) is 0.361. The normalized spacial score (nSPS) is 11.5. The Morgan fingerprint density at radius 1 is 1.00 bits per heavy atom. The molecule has 0 heterocycles. The summed E-state index contributed by atoms with van der Waals surface area (Å²) in [7, 11) is -4.53. The van der Waals surface area contributed by atoms with Crippen molar-refractivity contribution in [1.82, 2.24) is 5.32 Å². The van der Waals surface area contributed by atoms with Gasteiger partial charge in [0.05, 0.1) is 32.4 Å². The summed E-state index contributed by atoms with van der Waals surface area (Å²) in [6.45, 7) is 2.74. The highest BCUT2D eigenvalue weighted by Crippen LogP contribution is 2.37. The lowest BCUT2D eigenvalue weighted by atomic mass is 10.1. The van der Waals surface area contributed by atoms with Crippen LogP contribution >= 0.6 is 11.6 Å².